The third kappa shape index (κ3) is 4.52. The lowest BCUT2D eigenvalue weighted by Gasteiger charge is -2.33. The largest absolute Gasteiger partial charge is 0.441 e. The second-order valence-corrected chi connectivity index (χ2v) is 9.68. The monoisotopic (exact) mass is 488 g/mol. The summed E-state index contributed by atoms with van der Waals surface area (Å²) in [6.07, 6.45) is 0.360. The summed E-state index contributed by atoms with van der Waals surface area (Å²) in [5, 5.41) is 12.8. The Morgan fingerprint density at radius 3 is 2.97 bits per heavy atom. The van der Waals surface area contributed by atoms with Crippen molar-refractivity contribution in [3.05, 3.63) is 35.9 Å². The summed E-state index contributed by atoms with van der Waals surface area (Å²) in [4.78, 5) is 22.9. The number of aromatic amines is 1. The van der Waals surface area contributed by atoms with E-state index in [-0.39, 0.29) is 12.1 Å². The van der Waals surface area contributed by atoms with Gasteiger partial charge in [0, 0.05) is 43.6 Å². The first kappa shape index (κ1) is 22.2. The Labute approximate surface area is 199 Å². The normalized spacial score (nSPS) is 26.0. The Hall–Kier alpha value is -3.32. The number of hydrogen-bond donors (Lipinski definition) is 3. The minimum atomic E-state index is -1.54. The van der Waals surface area contributed by atoms with E-state index in [1.54, 1.807) is 22.7 Å². The Balaban J connectivity index is 1.11. The van der Waals surface area contributed by atoms with Gasteiger partial charge in [0.15, 0.2) is 18.1 Å². The molecule has 5 heterocycles. The fourth-order valence-electron chi connectivity index (χ4n) is 4.33. The zero-order chi connectivity index (χ0) is 24.2. The summed E-state index contributed by atoms with van der Waals surface area (Å²) >= 11 is 0. The highest BCUT2D eigenvalue weighted by atomic mass is 19.1. The number of H-pyrrole nitrogens is 1. The molecule has 3 atom stereocenters. The number of alkyl halides is 2. The van der Waals surface area contributed by atoms with Gasteiger partial charge < -0.3 is 20.1 Å². The number of fused-ring (bicyclic) bond motifs is 1. The van der Waals surface area contributed by atoms with Crippen LogP contribution in [0, 0.1) is 0 Å². The maximum absolute atomic E-state index is 15.0. The van der Waals surface area contributed by atoms with E-state index in [4.69, 9.17) is 9.47 Å². The molecule has 2 aliphatic heterocycles. The first-order valence-electron chi connectivity index (χ1n) is 11.6. The molecular weight excluding hydrogens is 462 g/mol. The standard InChI is InChI=1S/C22H26F2N8O3/c1-22(3-4-22)28-21(33)35-15-11-34-19(18(15)24)14-6-16(30-29-14)27-20-25-5-2-17-26-13(10-32(17)20)9-31-7-12(23)8-31/h2,5-6,10,12,15,18-19H,3-4,7-9,11H2,1H3,(H,28,33)(H2,25,27,29,30)/t15-,18+,19-/m0/s1. The second kappa shape index (κ2) is 8.41. The van der Waals surface area contributed by atoms with Gasteiger partial charge in [0.05, 0.1) is 18.0 Å². The highest BCUT2D eigenvalue weighted by Gasteiger charge is 2.44. The number of ether oxygens (including phenoxy) is 2. The number of likely N-dealkylation sites (tertiary alicyclic amines) is 1. The van der Waals surface area contributed by atoms with Crippen LogP contribution in [0.1, 0.15) is 37.3 Å². The maximum atomic E-state index is 15.0. The van der Waals surface area contributed by atoms with Crippen molar-refractivity contribution >= 4 is 23.5 Å². The lowest BCUT2D eigenvalue weighted by atomic mass is 10.1. The zero-order valence-corrected chi connectivity index (χ0v) is 19.1. The van der Waals surface area contributed by atoms with Crippen LogP contribution >= 0.6 is 0 Å². The lowest BCUT2D eigenvalue weighted by Crippen LogP contribution is -2.47. The lowest BCUT2D eigenvalue weighted by molar-refractivity contribution is 0.0581. The van der Waals surface area contributed by atoms with Crippen LogP contribution in [0.25, 0.3) is 5.65 Å². The Kier molecular flexibility index (Phi) is 5.33. The third-order valence-corrected chi connectivity index (χ3v) is 6.62. The van der Waals surface area contributed by atoms with Crippen LogP contribution in [0.5, 0.6) is 0 Å². The van der Waals surface area contributed by atoms with Crippen molar-refractivity contribution in [1.29, 1.82) is 0 Å². The summed E-state index contributed by atoms with van der Waals surface area (Å²) in [6.45, 7) is 3.27. The Morgan fingerprint density at radius 1 is 1.37 bits per heavy atom. The summed E-state index contributed by atoms with van der Waals surface area (Å²) < 4.78 is 40.7. The Morgan fingerprint density at radius 2 is 2.20 bits per heavy atom. The molecule has 0 aromatic carbocycles. The van der Waals surface area contributed by atoms with E-state index in [2.05, 4.69) is 30.8 Å². The van der Waals surface area contributed by atoms with Crippen LogP contribution in [0.3, 0.4) is 0 Å². The molecule has 6 rings (SSSR count). The van der Waals surface area contributed by atoms with Crippen molar-refractivity contribution in [1.82, 2.24) is 34.8 Å². The van der Waals surface area contributed by atoms with Gasteiger partial charge in [-0.15, -0.1) is 0 Å². The van der Waals surface area contributed by atoms with Gasteiger partial charge in [-0.1, -0.05) is 0 Å². The smallest absolute Gasteiger partial charge is 0.408 e. The first-order valence-corrected chi connectivity index (χ1v) is 11.6. The van der Waals surface area contributed by atoms with Gasteiger partial charge in [-0.3, -0.25) is 14.4 Å². The molecule has 13 heteroatoms. The van der Waals surface area contributed by atoms with Gasteiger partial charge in [0.1, 0.15) is 17.9 Å². The van der Waals surface area contributed by atoms with Crippen molar-refractivity contribution in [2.24, 2.45) is 0 Å². The van der Waals surface area contributed by atoms with Gasteiger partial charge in [-0.25, -0.2) is 23.5 Å². The van der Waals surface area contributed by atoms with Crippen LogP contribution in [-0.2, 0) is 16.0 Å². The molecule has 1 aliphatic carbocycles. The quantitative estimate of drug-likeness (QED) is 0.464. The molecule has 3 fully saturated rings. The molecule has 0 spiro atoms. The van der Waals surface area contributed by atoms with Gasteiger partial charge in [-0.05, 0) is 25.8 Å². The van der Waals surface area contributed by atoms with Gasteiger partial charge in [-0.2, -0.15) is 5.10 Å². The van der Waals surface area contributed by atoms with E-state index >= 15 is 4.39 Å². The predicted octanol–water partition coefficient (Wildman–Crippen LogP) is 2.41. The molecule has 11 nitrogen and oxygen atoms in total. The van der Waals surface area contributed by atoms with Crippen molar-refractivity contribution < 1.29 is 23.0 Å². The number of alkyl carbamates (subject to hydrolysis) is 1. The maximum Gasteiger partial charge on any atom is 0.408 e. The fourth-order valence-corrected chi connectivity index (χ4v) is 4.33. The number of nitrogens with one attached hydrogen (secondary N) is 3. The van der Waals surface area contributed by atoms with E-state index in [9.17, 15) is 9.18 Å². The van der Waals surface area contributed by atoms with E-state index < -0.39 is 30.6 Å². The number of hydrogen-bond acceptors (Lipinski definition) is 8. The van der Waals surface area contributed by atoms with Crippen molar-refractivity contribution in [3.63, 3.8) is 0 Å². The molecule has 35 heavy (non-hydrogen) atoms. The molecule has 3 aliphatic rings. The molecule has 0 radical (unpaired) electrons. The second-order valence-electron chi connectivity index (χ2n) is 9.68. The topological polar surface area (TPSA) is 122 Å². The summed E-state index contributed by atoms with van der Waals surface area (Å²) in [5.41, 5.74) is 1.66. The highest BCUT2D eigenvalue weighted by Crippen LogP contribution is 2.36. The molecule has 0 bridgehead atoms. The van der Waals surface area contributed by atoms with Gasteiger partial charge >= 0.3 is 6.09 Å². The van der Waals surface area contributed by atoms with Gasteiger partial charge in [0.25, 0.3) is 0 Å². The third-order valence-electron chi connectivity index (χ3n) is 6.62. The molecule has 3 aromatic heterocycles. The number of carbonyl (C=O) groups excluding carboxylic acids is 1. The molecule has 186 valence electrons. The molecule has 1 saturated carbocycles. The minimum absolute atomic E-state index is 0.0450. The molecule has 0 unspecified atom stereocenters. The predicted molar refractivity (Wildman–Crippen MR) is 120 cm³/mol. The van der Waals surface area contributed by atoms with Crippen LogP contribution in [0.15, 0.2) is 24.5 Å². The molecule has 2 saturated heterocycles. The van der Waals surface area contributed by atoms with Crippen LogP contribution in [0.2, 0.25) is 0 Å². The summed E-state index contributed by atoms with van der Waals surface area (Å²) in [7, 11) is 0. The summed E-state index contributed by atoms with van der Waals surface area (Å²) in [5.74, 6) is 0.889. The Bertz CT molecular complexity index is 1240. The number of halogens is 2. The molecular formula is C22H26F2N8O3. The number of nitrogens with zero attached hydrogens (tertiary/aromatic N) is 5. The average molecular weight is 488 g/mol. The van der Waals surface area contributed by atoms with Crippen LogP contribution in [0.4, 0.5) is 25.3 Å². The van der Waals surface area contributed by atoms with Gasteiger partial charge in [0.2, 0.25) is 5.95 Å². The van der Waals surface area contributed by atoms with E-state index in [1.165, 1.54) is 0 Å². The number of aromatic nitrogens is 5. The molecule has 3 aromatic rings. The average Bonchev–Trinajstić information content (AvgIpc) is 3.13. The molecule has 1 amide bonds. The van der Waals surface area contributed by atoms with E-state index in [1.807, 2.05) is 18.0 Å². The van der Waals surface area contributed by atoms with Crippen molar-refractivity contribution in [2.75, 3.05) is 25.0 Å². The highest BCUT2D eigenvalue weighted by molar-refractivity contribution is 5.69. The minimum Gasteiger partial charge on any atom is -0.441 e. The number of imidazole rings is 1. The first-order chi connectivity index (χ1) is 16.8. The summed E-state index contributed by atoms with van der Waals surface area (Å²) in [6, 6.07) is 3.41. The number of anilines is 2. The fraction of sp³-hybridized carbons (Fsp3) is 0.545. The van der Waals surface area contributed by atoms with Crippen LogP contribution in [-0.4, -0.2) is 79.2 Å². The SMILES string of the molecule is CC1(NC(=O)O[C@H]2CO[C@@H](c3cc(Nc4nccc5nc(CN6CC(F)C6)cn45)n[nH]3)[C@@H]2F)CC1. The van der Waals surface area contributed by atoms with Crippen LogP contribution < -0.4 is 10.6 Å². The number of rotatable bonds is 7. The number of carbonyl (C=O) groups is 1. The van der Waals surface area contributed by atoms with E-state index in [0.717, 1.165) is 18.5 Å². The zero-order valence-electron chi connectivity index (χ0n) is 19.1. The van der Waals surface area contributed by atoms with E-state index in [0.29, 0.717) is 42.7 Å². The molecule has 3 N–H and O–H groups in total. The van der Waals surface area contributed by atoms with Crippen molar-refractivity contribution in [2.45, 2.75) is 56.4 Å². The van der Waals surface area contributed by atoms with Crippen molar-refractivity contribution in [3.8, 4) is 0 Å². The number of amides is 1.